The molecule has 1 saturated carbocycles. The first-order valence-electron chi connectivity index (χ1n) is 15.0. The second-order valence-electron chi connectivity index (χ2n) is 11.1. The Morgan fingerprint density at radius 2 is 1.73 bits per heavy atom. The number of carboxylic acid groups (broad SMARTS) is 1. The van der Waals surface area contributed by atoms with Crippen LogP contribution in [0, 0.1) is 12.8 Å². The summed E-state index contributed by atoms with van der Waals surface area (Å²) in [7, 11) is 0. The number of anilines is 1. The highest BCUT2D eigenvalue weighted by molar-refractivity contribution is 5.97. The fourth-order valence-corrected chi connectivity index (χ4v) is 6.05. The Kier molecular flexibility index (Phi) is 8.81. The van der Waals surface area contributed by atoms with E-state index >= 15 is 0 Å². The van der Waals surface area contributed by atoms with Crippen LogP contribution in [-0.4, -0.2) is 38.1 Å². The highest BCUT2D eigenvalue weighted by Crippen LogP contribution is 2.31. The lowest BCUT2D eigenvalue weighted by Crippen LogP contribution is -2.37. The first-order valence-corrected chi connectivity index (χ1v) is 15.0. The molecule has 0 atom stereocenters. The highest BCUT2D eigenvalue weighted by Gasteiger charge is 2.28. The number of nitrogens with zero attached hydrogens (tertiary/aromatic N) is 4. The Labute approximate surface area is 242 Å². The minimum absolute atomic E-state index is 0.0990. The number of aromatic nitrogens is 3. The van der Waals surface area contributed by atoms with Crippen molar-refractivity contribution in [2.24, 2.45) is 5.92 Å². The van der Waals surface area contributed by atoms with Gasteiger partial charge in [0.25, 0.3) is 0 Å². The van der Waals surface area contributed by atoms with E-state index in [0.29, 0.717) is 24.2 Å². The van der Waals surface area contributed by atoms with Crippen LogP contribution in [0.1, 0.15) is 86.2 Å². The molecule has 0 spiro atoms. The largest absolute Gasteiger partial charge is 0.478 e. The molecule has 1 aliphatic rings. The quantitative estimate of drug-likeness (QED) is 0.221. The maximum atomic E-state index is 13.5. The van der Waals surface area contributed by atoms with E-state index in [4.69, 9.17) is 9.97 Å². The van der Waals surface area contributed by atoms with Gasteiger partial charge in [0.15, 0.2) is 5.65 Å². The van der Waals surface area contributed by atoms with Gasteiger partial charge in [-0.3, -0.25) is 4.79 Å². The van der Waals surface area contributed by atoms with E-state index in [0.717, 1.165) is 84.4 Å². The number of aryl methyl sites for hydroxylation is 2. The number of carboxylic acids is 1. The molecule has 2 heterocycles. The van der Waals surface area contributed by atoms with Crippen LogP contribution in [0.5, 0.6) is 0 Å². The van der Waals surface area contributed by atoms with Crippen molar-refractivity contribution in [2.75, 3.05) is 11.4 Å². The summed E-state index contributed by atoms with van der Waals surface area (Å²) in [6.07, 6.45) is 8.37. The van der Waals surface area contributed by atoms with Crippen LogP contribution in [0.2, 0.25) is 0 Å². The topological polar surface area (TPSA) is 88.3 Å². The summed E-state index contributed by atoms with van der Waals surface area (Å²) in [4.78, 5) is 37.2. The van der Waals surface area contributed by atoms with Gasteiger partial charge in [0.1, 0.15) is 11.3 Å². The zero-order valence-corrected chi connectivity index (χ0v) is 24.4. The number of benzene rings is 2. The smallest absolute Gasteiger partial charge is 0.336 e. The number of imidazole rings is 1. The van der Waals surface area contributed by atoms with Crippen molar-refractivity contribution in [1.82, 2.24) is 14.5 Å². The van der Waals surface area contributed by atoms with E-state index in [2.05, 4.69) is 17.6 Å². The third kappa shape index (κ3) is 6.04. The van der Waals surface area contributed by atoms with Gasteiger partial charge in [-0.15, -0.1) is 0 Å². The number of unbranched alkanes of at least 4 members (excludes halogenated alkanes) is 1. The number of aromatic carboxylic acids is 1. The molecule has 7 nitrogen and oxygen atoms in total. The summed E-state index contributed by atoms with van der Waals surface area (Å²) in [5.74, 6) is 0.374. The Balaban J connectivity index is 1.48. The summed E-state index contributed by atoms with van der Waals surface area (Å²) in [5, 5.41) is 9.60. The van der Waals surface area contributed by atoms with Crippen LogP contribution in [0.15, 0.2) is 54.6 Å². The van der Waals surface area contributed by atoms with Crippen LogP contribution in [0.3, 0.4) is 0 Å². The first-order chi connectivity index (χ1) is 19.9. The molecule has 2 aromatic carbocycles. The molecule has 41 heavy (non-hydrogen) atoms. The molecule has 2 aromatic heterocycles. The molecule has 0 aliphatic heterocycles. The van der Waals surface area contributed by atoms with Crippen LogP contribution in [-0.2, 0) is 17.8 Å². The second kappa shape index (κ2) is 12.7. The van der Waals surface area contributed by atoms with Crippen LogP contribution < -0.4 is 4.90 Å². The summed E-state index contributed by atoms with van der Waals surface area (Å²) in [6.45, 7) is 7.43. The fraction of sp³-hybridized carbons (Fsp3) is 0.412. The van der Waals surface area contributed by atoms with Gasteiger partial charge in [0.2, 0.25) is 5.91 Å². The number of carbonyl (C=O) groups is 2. The van der Waals surface area contributed by atoms with Gasteiger partial charge in [0.05, 0.1) is 23.5 Å². The molecule has 214 valence electrons. The van der Waals surface area contributed by atoms with E-state index in [1.54, 1.807) is 12.1 Å². The van der Waals surface area contributed by atoms with Gasteiger partial charge in [-0.1, -0.05) is 75.1 Å². The standard InChI is InChI=1S/C34H40N4O3/c1-4-6-16-31-36-29-21-30(37(5-2)33(39)26-12-8-7-9-13-26)23(3)35-32(29)38(31)22-24-17-19-25(20-18-24)27-14-10-11-15-28(27)34(40)41/h10-11,14-15,17-21,26H,4-9,12-13,16,22H2,1-3H3,(H,40,41). The molecule has 0 unspecified atom stereocenters. The molecule has 1 fully saturated rings. The Bertz CT molecular complexity index is 1530. The normalized spacial score (nSPS) is 13.9. The first kappa shape index (κ1) is 28.5. The molecule has 1 aliphatic carbocycles. The molecular formula is C34H40N4O3. The SMILES string of the molecule is CCCCc1nc2cc(N(CC)C(=O)C3CCCCC3)c(C)nc2n1Cc1ccc(-c2ccccc2C(=O)O)cc1. The van der Waals surface area contributed by atoms with Gasteiger partial charge in [-0.25, -0.2) is 14.8 Å². The van der Waals surface area contributed by atoms with Gasteiger partial charge in [0, 0.05) is 18.9 Å². The second-order valence-corrected chi connectivity index (χ2v) is 11.1. The average Bonchev–Trinajstić information content (AvgIpc) is 3.32. The minimum atomic E-state index is -0.932. The van der Waals surface area contributed by atoms with E-state index in [9.17, 15) is 14.7 Å². The number of carbonyl (C=O) groups excluding carboxylic acids is 1. The van der Waals surface area contributed by atoms with Crippen molar-refractivity contribution in [3.63, 3.8) is 0 Å². The van der Waals surface area contributed by atoms with Gasteiger partial charge in [-0.2, -0.15) is 0 Å². The monoisotopic (exact) mass is 552 g/mol. The summed E-state index contributed by atoms with van der Waals surface area (Å²) in [5.41, 5.74) is 6.31. The van der Waals surface area contributed by atoms with Crippen molar-refractivity contribution in [1.29, 1.82) is 0 Å². The van der Waals surface area contributed by atoms with Crippen LogP contribution in [0.4, 0.5) is 5.69 Å². The Morgan fingerprint density at radius 1 is 1.00 bits per heavy atom. The molecular weight excluding hydrogens is 512 g/mol. The van der Waals surface area contributed by atoms with E-state index in [1.165, 1.54) is 6.42 Å². The lowest BCUT2D eigenvalue weighted by molar-refractivity contribution is -0.123. The van der Waals surface area contributed by atoms with Crippen LogP contribution in [0.25, 0.3) is 22.3 Å². The molecule has 0 bridgehead atoms. The van der Waals surface area contributed by atoms with E-state index in [1.807, 2.05) is 55.1 Å². The lowest BCUT2D eigenvalue weighted by Gasteiger charge is -2.29. The number of amides is 1. The van der Waals surface area contributed by atoms with Crippen molar-refractivity contribution >= 4 is 28.7 Å². The van der Waals surface area contributed by atoms with Crippen LogP contribution >= 0.6 is 0 Å². The number of hydrogen-bond acceptors (Lipinski definition) is 4. The van der Waals surface area contributed by atoms with Crippen molar-refractivity contribution < 1.29 is 14.7 Å². The van der Waals surface area contributed by atoms with E-state index in [-0.39, 0.29) is 11.8 Å². The molecule has 0 radical (unpaired) electrons. The molecule has 5 rings (SSSR count). The molecule has 7 heteroatoms. The maximum Gasteiger partial charge on any atom is 0.336 e. The number of fused-ring (bicyclic) bond motifs is 1. The predicted octanol–water partition coefficient (Wildman–Crippen LogP) is 7.43. The Morgan fingerprint density at radius 3 is 2.41 bits per heavy atom. The molecule has 4 aromatic rings. The minimum Gasteiger partial charge on any atom is -0.478 e. The van der Waals surface area contributed by atoms with Crippen molar-refractivity contribution in [3.8, 4) is 11.1 Å². The van der Waals surface area contributed by atoms with Crippen molar-refractivity contribution in [3.05, 3.63) is 77.2 Å². The summed E-state index contributed by atoms with van der Waals surface area (Å²) < 4.78 is 2.20. The zero-order valence-electron chi connectivity index (χ0n) is 24.4. The number of rotatable bonds is 10. The van der Waals surface area contributed by atoms with E-state index < -0.39 is 5.97 Å². The molecule has 1 N–H and O–H groups in total. The summed E-state index contributed by atoms with van der Waals surface area (Å²) in [6, 6.07) is 17.2. The summed E-state index contributed by atoms with van der Waals surface area (Å²) >= 11 is 0. The van der Waals surface area contributed by atoms with Gasteiger partial charge >= 0.3 is 5.97 Å². The Hall–Kier alpha value is -4.00. The average molecular weight is 553 g/mol. The zero-order chi connectivity index (χ0) is 28.9. The maximum absolute atomic E-state index is 13.5. The predicted molar refractivity (Wildman–Crippen MR) is 163 cm³/mol. The lowest BCUT2D eigenvalue weighted by atomic mass is 9.88. The third-order valence-electron chi connectivity index (χ3n) is 8.31. The molecule has 1 amide bonds. The van der Waals surface area contributed by atoms with Crippen molar-refractivity contribution in [2.45, 2.75) is 78.7 Å². The fourth-order valence-electron chi connectivity index (χ4n) is 6.05. The highest BCUT2D eigenvalue weighted by atomic mass is 16.4. The number of pyridine rings is 1. The van der Waals surface area contributed by atoms with Gasteiger partial charge in [-0.05, 0) is 61.9 Å². The van der Waals surface area contributed by atoms with Gasteiger partial charge < -0.3 is 14.6 Å². The molecule has 0 saturated heterocycles. The third-order valence-corrected chi connectivity index (χ3v) is 8.31. The number of hydrogen-bond donors (Lipinski definition) is 1.